The molecule has 0 bridgehead atoms. The molecule has 1 nitrogen and oxygen atoms in total. The molecule has 0 saturated carbocycles. The van der Waals surface area contributed by atoms with E-state index in [1.54, 1.807) is 0 Å². The van der Waals surface area contributed by atoms with Crippen molar-refractivity contribution in [3.05, 3.63) is 48.0 Å². The summed E-state index contributed by atoms with van der Waals surface area (Å²) in [4.78, 5) is 0. The molecule has 2 aromatic carbocycles. The Bertz CT molecular complexity index is 749. The number of rotatable bonds is 2. The first-order valence-corrected chi connectivity index (χ1v) is 7.43. The number of hydrogen-bond donors (Lipinski definition) is 0. The van der Waals surface area contributed by atoms with Gasteiger partial charge in [-0.3, -0.25) is 0 Å². The molecule has 3 aromatic rings. The minimum atomic E-state index is 0.0352. The zero-order chi connectivity index (χ0) is 14.3. The van der Waals surface area contributed by atoms with Crippen LogP contribution in [0, 0.1) is 5.41 Å². The molecule has 0 aliphatic rings. The standard InChI is InChI=1S/C18H19ClO/c1-18(2,3)11-15(19)12-8-9-17-14(10-12)13-6-4-5-7-16(13)20-17/h4-10,15H,11H2,1-3H3. The minimum Gasteiger partial charge on any atom is -0.456 e. The normalized spacial score (nSPS) is 14.0. The van der Waals surface area contributed by atoms with Gasteiger partial charge in [0.25, 0.3) is 0 Å². The largest absolute Gasteiger partial charge is 0.456 e. The van der Waals surface area contributed by atoms with Gasteiger partial charge < -0.3 is 4.42 Å². The fourth-order valence-electron chi connectivity index (χ4n) is 2.59. The first-order valence-electron chi connectivity index (χ1n) is 6.99. The van der Waals surface area contributed by atoms with Crippen molar-refractivity contribution in [1.29, 1.82) is 0 Å². The number of para-hydroxylation sites is 1. The molecule has 20 heavy (non-hydrogen) atoms. The lowest BCUT2D eigenvalue weighted by Crippen LogP contribution is -2.08. The summed E-state index contributed by atoms with van der Waals surface area (Å²) in [7, 11) is 0. The fourth-order valence-corrected chi connectivity index (χ4v) is 3.19. The molecule has 0 saturated heterocycles. The van der Waals surface area contributed by atoms with E-state index in [0.717, 1.165) is 28.4 Å². The fraction of sp³-hybridized carbons (Fsp3) is 0.333. The number of hydrogen-bond acceptors (Lipinski definition) is 1. The van der Waals surface area contributed by atoms with Gasteiger partial charge in [0.05, 0.1) is 5.38 Å². The van der Waals surface area contributed by atoms with Gasteiger partial charge in [0, 0.05) is 10.8 Å². The van der Waals surface area contributed by atoms with Gasteiger partial charge in [-0.1, -0.05) is 45.0 Å². The second-order valence-electron chi connectivity index (χ2n) is 6.59. The van der Waals surface area contributed by atoms with Crippen LogP contribution in [0.15, 0.2) is 46.9 Å². The Morgan fingerprint density at radius 2 is 1.70 bits per heavy atom. The van der Waals surface area contributed by atoms with Gasteiger partial charge in [0.2, 0.25) is 0 Å². The summed E-state index contributed by atoms with van der Waals surface area (Å²) < 4.78 is 5.84. The quantitative estimate of drug-likeness (QED) is 0.504. The monoisotopic (exact) mass is 286 g/mol. The minimum absolute atomic E-state index is 0.0352. The SMILES string of the molecule is CC(C)(C)CC(Cl)c1ccc2oc3ccccc3c2c1. The van der Waals surface area contributed by atoms with E-state index in [-0.39, 0.29) is 10.8 Å². The molecular formula is C18H19ClO. The van der Waals surface area contributed by atoms with Gasteiger partial charge in [0.15, 0.2) is 0 Å². The number of halogens is 1. The maximum Gasteiger partial charge on any atom is 0.135 e. The van der Waals surface area contributed by atoms with Gasteiger partial charge in [-0.15, -0.1) is 11.6 Å². The predicted octanol–water partition coefficient (Wildman–Crippen LogP) is 6.30. The van der Waals surface area contributed by atoms with Crippen molar-refractivity contribution in [2.24, 2.45) is 5.41 Å². The average molecular weight is 287 g/mol. The molecular weight excluding hydrogens is 268 g/mol. The first-order chi connectivity index (χ1) is 9.44. The van der Waals surface area contributed by atoms with Crippen LogP contribution in [0.25, 0.3) is 21.9 Å². The van der Waals surface area contributed by atoms with Crippen molar-refractivity contribution in [3.63, 3.8) is 0 Å². The Kier molecular flexibility index (Phi) is 3.25. The van der Waals surface area contributed by atoms with Crippen LogP contribution in [0.2, 0.25) is 0 Å². The maximum absolute atomic E-state index is 6.58. The molecule has 0 N–H and O–H groups in total. The molecule has 1 unspecified atom stereocenters. The van der Waals surface area contributed by atoms with Crippen molar-refractivity contribution in [3.8, 4) is 0 Å². The Balaban J connectivity index is 2.07. The molecule has 0 fully saturated rings. The van der Waals surface area contributed by atoms with Crippen LogP contribution < -0.4 is 0 Å². The van der Waals surface area contributed by atoms with E-state index in [1.165, 1.54) is 5.56 Å². The molecule has 2 heteroatoms. The third kappa shape index (κ3) is 2.55. The van der Waals surface area contributed by atoms with E-state index in [4.69, 9.17) is 16.0 Å². The molecule has 0 aliphatic carbocycles. The highest BCUT2D eigenvalue weighted by Gasteiger charge is 2.19. The lowest BCUT2D eigenvalue weighted by Gasteiger charge is -2.22. The van der Waals surface area contributed by atoms with Gasteiger partial charge in [-0.2, -0.15) is 0 Å². The van der Waals surface area contributed by atoms with Crippen LogP contribution in [0.1, 0.15) is 38.1 Å². The topological polar surface area (TPSA) is 13.1 Å². The van der Waals surface area contributed by atoms with Crippen LogP contribution in [0.3, 0.4) is 0 Å². The molecule has 0 amide bonds. The zero-order valence-corrected chi connectivity index (χ0v) is 12.9. The van der Waals surface area contributed by atoms with Crippen LogP contribution in [-0.2, 0) is 0 Å². The molecule has 1 aromatic heterocycles. The Labute approximate surface area is 124 Å². The van der Waals surface area contributed by atoms with E-state index in [9.17, 15) is 0 Å². The highest BCUT2D eigenvalue weighted by atomic mass is 35.5. The van der Waals surface area contributed by atoms with Gasteiger partial charge in [-0.25, -0.2) is 0 Å². The molecule has 0 radical (unpaired) electrons. The van der Waals surface area contributed by atoms with Gasteiger partial charge >= 0.3 is 0 Å². The lowest BCUT2D eigenvalue weighted by atomic mass is 9.88. The second-order valence-corrected chi connectivity index (χ2v) is 7.11. The van der Waals surface area contributed by atoms with Crippen LogP contribution in [-0.4, -0.2) is 0 Å². The summed E-state index contributed by atoms with van der Waals surface area (Å²) in [5, 5.41) is 2.34. The van der Waals surface area contributed by atoms with E-state index in [0.29, 0.717) is 0 Å². The summed E-state index contributed by atoms with van der Waals surface area (Å²) >= 11 is 6.58. The van der Waals surface area contributed by atoms with Gasteiger partial charge in [-0.05, 0) is 35.6 Å². The maximum atomic E-state index is 6.58. The van der Waals surface area contributed by atoms with E-state index >= 15 is 0 Å². The van der Waals surface area contributed by atoms with Crippen LogP contribution >= 0.6 is 11.6 Å². The summed E-state index contributed by atoms with van der Waals surface area (Å²) in [6.45, 7) is 6.65. The molecule has 104 valence electrons. The van der Waals surface area contributed by atoms with E-state index in [1.807, 2.05) is 24.3 Å². The highest BCUT2D eigenvalue weighted by Crippen LogP contribution is 2.37. The van der Waals surface area contributed by atoms with E-state index < -0.39 is 0 Å². The van der Waals surface area contributed by atoms with Crippen molar-refractivity contribution >= 4 is 33.5 Å². The van der Waals surface area contributed by atoms with Crippen molar-refractivity contribution in [1.82, 2.24) is 0 Å². The molecule has 1 atom stereocenters. The van der Waals surface area contributed by atoms with Crippen LogP contribution in [0.4, 0.5) is 0 Å². The van der Waals surface area contributed by atoms with Crippen molar-refractivity contribution in [2.75, 3.05) is 0 Å². The molecule has 0 spiro atoms. The molecule has 3 rings (SSSR count). The first kappa shape index (κ1) is 13.5. The number of fused-ring (bicyclic) bond motifs is 3. The predicted molar refractivity (Wildman–Crippen MR) is 86.4 cm³/mol. The Morgan fingerprint density at radius 1 is 1.00 bits per heavy atom. The Hall–Kier alpha value is -1.47. The average Bonchev–Trinajstić information content (AvgIpc) is 2.74. The number of benzene rings is 2. The number of furan rings is 1. The third-order valence-corrected chi connectivity index (χ3v) is 3.96. The smallest absolute Gasteiger partial charge is 0.135 e. The van der Waals surface area contributed by atoms with Gasteiger partial charge in [0.1, 0.15) is 11.2 Å². The second kappa shape index (κ2) is 4.82. The summed E-state index contributed by atoms with van der Waals surface area (Å²) in [6, 6.07) is 14.4. The summed E-state index contributed by atoms with van der Waals surface area (Å²) in [6.07, 6.45) is 0.954. The molecule has 0 aliphatic heterocycles. The summed E-state index contributed by atoms with van der Waals surface area (Å²) in [5.41, 5.74) is 3.25. The van der Waals surface area contributed by atoms with Crippen molar-refractivity contribution in [2.45, 2.75) is 32.6 Å². The third-order valence-electron chi connectivity index (χ3n) is 3.55. The summed E-state index contributed by atoms with van der Waals surface area (Å²) in [5.74, 6) is 0. The molecule has 1 heterocycles. The lowest BCUT2D eigenvalue weighted by molar-refractivity contribution is 0.372. The number of alkyl halides is 1. The Morgan fingerprint density at radius 3 is 2.45 bits per heavy atom. The zero-order valence-electron chi connectivity index (χ0n) is 12.1. The van der Waals surface area contributed by atoms with E-state index in [2.05, 4.69) is 39.0 Å². The van der Waals surface area contributed by atoms with Crippen molar-refractivity contribution < 1.29 is 4.42 Å². The highest BCUT2D eigenvalue weighted by molar-refractivity contribution is 6.21. The van der Waals surface area contributed by atoms with Crippen LogP contribution in [0.5, 0.6) is 0 Å².